The average molecular weight is 745 g/mol. The van der Waals surface area contributed by atoms with Gasteiger partial charge in [0.25, 0.3) is 0 Å². The van der Waals surface area contributed by atoms with Crippen molar-refractivity contribution in [3.05, 3.63) is 194 Å². The van der Waals surface area contributed by atoms with Crippen LogP contribution in [0, 0.1) is 0 Å². The van der Waals surface area contributed by atoms with Gasteiger partial charge in [-0.3, -0.25) is 0 Å². The molecule has 0 bridgehead atoms. The minimum absolute atomic E-state index is 0.668. The van der Waals surface area contributed by atoms with Crippen molar-refractivity contribution < 1.29 is 0 Å². The molecule has 4 heterocycles. The molecule has 12 rings (SSSR count). The van der Waals surface area contributed by atoms with Crippen molar-refractivity contribution in [2.45, 2.75) is 0 Å². The summed E-state index contributed by atoms with van der Waals surface area (Å²) in [5.41, 5.74) is 11.4. The Labute approximate surface area is 332 Å². The summed E-state index contributed by atoms with van der Waals surface area (Å²) in [6, 6.07) is 69.4. The Bertz CT molecular complexity index is 3360. The van der Waals surface area contributed by atoms with Gasteiger partial charge in [0, 0.05) is 52.8 Å². The number of fused-ring (bicyclic) bond motifs is 9. The van der Waals surface area contributed by atoms with E-state index in [1.807, 2.05) is 11.3 Å². The molecule has 57 heavy (non-hydrogen) atoms. The van der Waals surface area contributed by atoms with Crippen molar-refractivity contribution in [3.8, 4) is 45.3 Å². The fourth-order valence-electron chi connectivity index (χ4n) is 8.89. The molecule has 12 aromatic rings. The zero-order chi connectivity index (χ0) is 37.5. The molecule has 8 aromatic carbocycles. The van der Waals surface area contributed by atoms with E-state index in [0.29, 0.717) is 5.82 Å². The Balaban J connectivity index is 1.35. The lowest BCUT2D eigenvalue weighted by molar-refractivity contribution is 1.11. The Morgan fingerprint density at radius 2 is 0.789 bits per heavy atom. The van der Waals surface area contributed by atoms with Crippen LogP contribution >= 0.6 is 11.3 Å². The van der Waals surface area contributed by atoms with Crippen LogP contribution in [0.1, 0.15) is 0 Å². The van der Waals surface area contributed by atoms with E-state index in [0.717, 1.165) is 61.5 Å². The first-order valence-electron chi connectivity index (χ1n) is 19.3. The molecule has 0 saturated heterocycles. The van der Waals surface area contributed by atoms with Gasteiger partial charge in [-0.2, -0.15) is 0 Å². The third kappa shape index (κ3) is 4.86. The van der Waals surface area contributed by atoms with Crippen molar-refractivity contribution in [3.63, 3.8) is 0 Å². The van der Waals surface area contributed by atoms with Crippen molar-refractivity contribution in [2.24, 2.45) is 0 Å². The molecule has 4 aromatic heterocycles. The van der Waals surface area contributed by atoms with Gasteiger partial charge in [-0.25, -0.2) is 9.97 Å². The second-order valence-electron chi connectivity index (χ2n) is 14.5. The molecule has 0 saturated carbocycles. The Hall–Kier alpha value is -7.34. The van der Waals surface area contributed by atoms with Crippen LogP contribution in [-0.2, 0) is 0 Å². The van der Waals surface area contributed by atoms with Crippen LogP contribution in [0.5, 0.6) is 0 Å². The molecule has 0 spiro atoms. The number of benzene rings is 8. The van der Waals surface area contributed by atoms with Gasteiger partial charge in [0.15, 0.2) is 5.82 Å². The summed E-state index contributed by atoms with van der Waals surface area (Å²) in [6.07, 6.45) is 0. The van der Waals surface area contributed by atoms with Crippen molar-refractivity contribution >= 4 is 75.1 Å². The molecule has 0 unspecified atom stereocenters. The van der Waals surface area contributed by atoms with Gasteiger partial charge >= 0.3 is 0 Å². The number of aromatic nitrogens is 4. The molecule has 0 aliphatic heterocycles. The monoisotopic (exact) mass is 744 g/mol. The number of thiophene rings is 1. The van der Waals surface area contributed by atoms with E-state index < -0.39 is 0 Å². The maximum atomic E-state index is 5.60. The second kappa shape index (κ2) is 12.6. The molecule has 266 valence electrons. The summed E-state index contributed by atoms with van der Waals surface area (Å²) in [5.74, 6) is 0.668. The zero-order valence-electron chi connectivity index (χ0n) is 30.7. The van der Waals surface area contributed by atoms with Crippen molar-refractivity contribution in [1.82, 2.24) is 19.1 Å². The molecule has 0 fully saturated rings. The largest absolute Gasteiger partial charge is 0.308 e. The van der Waals surface area contributed by atoms with E-state index >= 15 is 0 Å². The van der Waals surface area contributed by atoms with Crippen molar-refractivity contribution in [1.29, 1.82) is 0 Å². The summed E-state index contributed by atoms with van der Waals surface area (Å²) in [6.45, 7) is 0. The lowest BCUT2D eigenvalue weighted by Gasteiger charge is -2.21. The molecular weight excluding hydrogens is 713 g/mol. The molecule has 0 amide bonds. The van der Waals surface area contributed by atoms with Crippen LogP contribution in [0.3, 0.4) is 0 Å². The molecule has 0 aliphatic rings. The first kappa shape index (κ1) is 32.0. The van der Waals surface area contributed by atoms with Crippen LogP contribution in [0.2, 0.25) is 0 Å². The van der Waals surface area contributed by atoms with E-state index in [1.165, 1.54) is 41.7 Å². The molecule has 4 nitrogen and oxygen atoms in total. The van der Waals surface area contributed by atoms with Gasteiger partial charge in [-0.15, -0.1) is 11.3 Å². The smallest absolute Gasteiger partial charge is 0.164 e. The maximum absolute atomic E-state index is 5.60. The fourth-order valence-corrected chi connectivity index (χ4v) is 10.0. The number of para-hydroxylation sites is 4. The predicted molar refractivity (Wildman–Crippen MR) is 240 cm³/mol. The summed E-state index contributed by atoms with van der Waals surface area (Å²) < 4.78 is 7.38. The SMILES string of the molecule is c1ccc(-c2cc(-c3ccccc3)nc(-c3c(-n4c5ccccc5c5ccccc54)cc4sc5ccccc5c4c3-n3c4ccccc4c4ccccc43)n2)cc1. The highest BCUT2D eigenvalue weighted by Gasteiger charge is 2.28. The second-order valence-corrected chi connectivity index (χ2v) is 15.6. The number of hydrogen-bond acceptors (Lipinski definition) is 3. The first-order valence-corrected chi connectivity index (χ1v) is 20.1. The highest BCUT2D eigenvalue weighted by molar-refractivity contribution is 7.26. The molecule has 0 atom stereocenters. The topological polar surface area (TPSA) is 35.6 Å². The number of rotatable bonds is 5. The summed E-state index contributed by atoms with van der Waals surface area (Å²) in [5, 5.41) is 7.23. The molecule has 0 N–H and O–H groups in total. The third-order valence-corrected chi connectivity index (χ3v) is 12.5. The zero-order valence-corrected chi connectivity index (χ0v) is 31.5. The van der Waals surface area contributed by atoms with E-state index in [2.05, 4.69) is 203 Å². The fraction of sp³-hybridized carbons (Fsp3) is 0. The lowest BCUT2D eigenvalue weighted by atomic mass is 10.0. The van der Waals surface area contributed by atoms with Gasteiger partial charge in [-0.1, -0.05) is 152 Å². The minimum atomic E-state index is 0.668. The Kier molecular flexibility index (Phi) is 7.06. The van der Waals surface area contributed by atoms with Crippen LogP contribution in [0.15, 0.2) is 194 Å². The van der Waals surface area contributed by atoms with Gasteiger partial charge in [0.1, 0.15) is 0 Å². The van der Waals surface area contributed by atoms with Gasteiger partial charge in [-0.05, 0) is 42.5 Å². The van der Waals surface area contributed by atoms with Gasteiger partial charge in [0.2, 0.25) is 0 Å². The Morgan fingerprint density at radius 3 is 1.30 bits per heavy atom. The van der Waals surface area contributed by atoms with E-state index in [9.17, 15) is 0 Å². The third-order valence-electron chi connectivity index (χ3n) is 11.3. The standard InChI is InChI=1S/C52H32N4S/c1-3-17-33(18-4-1)40-31-41(34-19-5-2-6-20-34)54-52(53-40)50-46(55-42-26-12-7-21-35(42)36-22-8-13-27-43(36)55)32-48-49(39-25-11-16-30-47(39)57-48)51(50)56-44-28-14-9-23-37(44)38-24-10-15-29-45(38)56/h1-32H. The van der Waals surface area contributed by atoms with E-state index in [1.54, 1.807) is 0 Å². The molecular formula is C52H32N4S. The first-order chi connectivity index (χ1) is 28.3. The van der Waals surface area contributed by atoms with Crippen LogP contribution < -0.4 is 0 Å². The summed E-state index contributed by atoms with van der Waals surface area (Å²) >= 11 is 1.84. The lowest BCUT2D eigenvalue weighted by Crippen LogP contribution is -2.07. The van der Waals surface area contributed by atoms with Crippen molar-refractivity contribution in [2.75, 3.05) is 0 Å². The summed E-state index contributed by atoms with van der Waals surface area (Å²) in [4.78, 5) is 11.2. The average Bonchev–Trinajstić information content (AvgIpc) is 3.94. The van der Waals surface area contributed by atoms with Gasteiger partial charge in [0.05, 0.1) is 50.4 Å². The normalized spacial score (nSPS) is 11.9. The molecule has 0 aliphatic carbocycles. The van der Waals surface area contributed by atoms with E-state index in [4.69, 9.17) is 9.97 Å². The Morgan fingerprint density at radius 1 is 0.368 bits per heavy atom. The van der Waals surface area contributed by atoms with Crippen LogP contribution in [-0.4, -0.2) is 19.1 Å². The van der Waals surface area contributed by atoms with Gasteiger partial charge < -0.3 is 9.13 Å². The molecule has 0 radical (unpaired) electrons. The predicted octanol–water partition coefficient (Wildman–Crippen LogP) is 14.0. The summed E-state index contributed by atoms with van der Waals surface area (Å²) in [7, 11) is 0. The van der Waals surface area contributed by atoms with Crippen LogP contribution in [0.4, 0.5) is 0 Å². The van der Waals surface area contributed by atoms with E-state index in [-0.39, 0.29) is 0 Å². The number of hydrogen-bond donors (Lipinski definition) is 0. The minimum Gasteiger partial charge on any atom is -0.308 e. The highest BCUT2D eigenvalue weighted by atomic mass is 32.1. The van der Waals surface area contributed by atoms with Crippen LogP contribution in [0.25, 0.3) is 109 Å². The quantitative estimate of drug-likeness (QED) is 0.176. The number of nitrogens with zero attached hydrogens (tertiary/aromatic N) is 4. The highest BCUT2D eigenvalue weighted by Crippen LogP contribution is 2.49. The maximum Gasteiger partial charge on any atom is 0.164 e. The molecule has 5 heteroatoms.